The van der Waals surface area contributed by atoms with Gasteiger partial charge < -0.3 is 10.6 Å². The fraction of sp³-hybridized carbons (Fsp3) is 0.280. The van der Waals surface area contributed by atoms with Gasteiger partial charge in [-0.2, -0.15) is 26.3 Å². The molecule has 4 nitrogen and oxygen atoms in total. The van der Waals surface area contributed by atoms with Crippen molar-refractivity contribution >= 4 is 11.7 Å². The third kappa shape index (κ3) is 6.97. The Morgan fingerprint density at radius 3 is 2.14 bits per heavy atom. The summed E-state index contributed by atoms with van der Waals surface area (Å²) in [6.45, 7) is 2.51. The van der Waals surface area contributed by atoms with Crippen LogP contribution in [0.1, 0.15) is 34.8 Å². The molecule has 2 aromatic carbocycles. The minimum Gasteiger partial charge on any atom is -0.370 e. The Bertz CT molecular complexity index is 1140. The third-order valence-electron chi connectivity index (χ3n) is 5.34. The number of aromatic nitrogens is 1. The van der Waals surface area contributed by atoms with Gasteiger partial charge in [-0.3, -0.25) is 4.79 Å². The van der Waals surface area contributed by atoms with E-state index in [1.165, 1.54) is 36.5 Å². The topological polar surface area (TPSA) is 54.0 Å². The number of hydrogen-bond donors (Lipinski definition) is 2. The number of alkyl halides is 6. The number of nitrogens with one attached hydrogen (secondary N) is 2. The summed E-state index contributed by atoms with van der Waals surface area (Å²) < 4.78 is 78.9. The molecule has 1 atom stereocenters. The Morgan fingerprint density at radius 2 is 1.51 bits per heavy atom. The van der Waals surface area contributed by atoms with Crippen LogP contribution in [0.25, 0.3) is 11.1 Å². The summed E-state index contributed by atoms with van der Waals surface area (Å²) in [4.78, 5) is 16.4. The lowest BCUT2D eigenvalue weighted by Gasteiger charge is -2.16. The molecule has 0 saturated carbocycles. The Morgan fingerprint density at radius 1 is 0.886 bits per heavy atom. The zero-order valence-corrected chi connectivity index (χ0v) is 18.7. The zero-order chi connectivity index (χ0) is 25.6. The number of nitrogens with zero attached hydrogens (tertiary/aromatic N) is 1. The van der Waals surface area contributed by atoms with E-state index in [4.69, 9.17) is 0 Å². The first kappa shape index (κ1) is 26.1. The van der Waals surface area contributed by atoms with Crippen molar-refractivity contribution in [2.75, 3.05) is 18.4 Å². The Balaban J connectivity index is 1.51. The van der Waals surface area contributed by atoms with Gasteiger partial charge >= 0.3 is 12.4 Å². The van der Waals surface area contributed by atoms with Gasteiger partial charge in [-0.05, 0) is 48.2 Å². The van der Waals surface area contributed by atoms with Gasteiger partial charge in [0.2, 0.25) is 0 Å². The molecule has 0 saturated heterocycles. The maximum atomic E-state index is 13.2. The smallest absolute Gasteiger partial charge is 0.370 e. The summed E-state index contributed by atoms with van der Waals surface area (Å²) in [6, 6.07) is 13.0. The SMILES string of the molecule is CC(CCNC(=O)c1ccccc1C(F)(F)F)CNc1ccc(-c2ccccc2C(F)(F)F)cn1. The van der Waals surface area contributed by atoms with Gasteiger partial charge in [-0.15, -0.1) is 0 Å². The molecule has 1 amide bonds. The van der Waals surface area contributed by atoms with Gasteiger partial charge in [-0.25, -0.2) is 4.98 Å². The van der Waals surface area contributed by atoms with Gasteiger partial charge in [0.15, 0.2) is 0 Å². The van der Waals surface area contributed by atoms with Crippen LogP contribution < -0.4 is 10.6 Å². The van der Waals surface area contributed by atoms with Gasteiger partial charge in [0.1, 0.15) is 5.82 Å². The predicted molar refractivity (Wildman–Crippen MR) is 121 cm³/mol. The first-order chi connectivity index (χ1) is 16.5. The van der Waals surface area contributed by atoms with Crippen LogP contribution in [-0.4, -0.2) is 24.0 Å². The second-order valence-electron chi connectivity index (χ2n) is 8.05. The first-order valence-corrected chi connectivity index (χ1v) is 10.8. The van der Waals surface area contributed by atoms with Crippen LogP contribution in [0.3, 0.4) is 0 Å². The highest BCUT2D eigenvalue weighted by atomic mass is 19.4. The van der Waals surface area contributed by atoms with E-state index in [-0.39, 0.29) is 18.0 Å². The molecular formula is C25H23F6N3O. The molecule has 0 spiro atoms. The Hall–Kier alpha value is -3.56. The molecule has 0 aliphatic carbocycles. The van der Waals surface area contributed by atoms with Crippen molar-refractivity contribution in [3.05, 3.63) is 83.6 Å². The van der Waals surface area contributed by atoms with Gasteiger partial charge in [-0.1, -0.05) is 37.3 Å². The van der Waals surface area contributed by atoms with E-state index in [9.17, 15) is 31.1 Å². The molecule has 10 heteroatoms. The first-order valence-electron chi connectivity index (χ1n) is 10.8. The van der Waals surface area contributed by atoms with Crippen LogP contribution in [0.4, 0.5) is 32.2 Å². The monoisotopic (exact) mass is 495 g/mol. The lowest BCUT2D eigenvalue weighted by molar-refractivity contribution is -0.138. The average molecular weight is 495 g/mol. The van der Waals surface area contributed by atoms with Crippen molar-refractivity contribution in [1.82, 2.24) is 10.3 Å². The molecule has 0 bridgehead atoms. The molecule has 1 unspecified atom stereocenters. The molecule has 3 rings (SSSR count). The second kappa shape index (κ2) is 10.8. The van der Waals surface area contributed by atoms with E-state index in [0.29, 0.717) is 24.3 Å². The summed E-state index contributed by atoms with van der Waals surface area (Å²) in [5, 5.41) is 5.58. The molecule has 0 aliphatic rings. The fourth-order valence-corrected chi connectivity index (χ4v) is 3.48. The lowest BCUT2D eigenvalue weighted by Crippen LogP contribution is -2.28. The third-order valence-corrected chi connectivity index (χ3v) is 5.34. The molecule has 35 heavy (non-hydrogen) atoms. The van der Waals surface area contributed by atoms with Crippen LogP contribution >= 0.6 is 0 Å². The number of pyridine rings is 1. The van der Waals surface area contributed by atoms with Gasteiger partial charge in [0.05, 0.1) is 16.7 Å². The van der Waals surface area contributed by atoms with Crippen LogP contribution in [0.2, 0.25) is 0 Å². The van der Waals surface area contributed by atoms with Crippen LogP contribution in [0.5, 0.6) is 0 Å². The van der Waals surface area contributed by atoms with Crippen molar-refractivity contribution in [2.45, 2.75) is 25.7 Å². The van der Waals surface area contributed by atoms with Crippen molar-refractivity contribution in [1.29, 1.82) is 0 Å². The second-order valence-corrected chi connectivity index (χ2v) is 8.05. The molecule has 2 N–H and O–H groups in total. The Kier molecular flexibility index (Phi) is 8.03. The largest absolute Gasteiger partial charge is 0.417 e. The van der Waals surface area contributed by atoms with Crippen molar-refractivity contribution in [3.63, 3.8) is 0 Å². The quantitative estimate of drug-likeness (QED) is 0.344. The molecular weight excluding hydrogens is 472 g/mol. The van der Waals surface area contributed by atoms with Gasteiger partial charge in [0, 0.05) is 24.8 Å². The minimum atomic E-state index is -4.62. The van der Waals surface area contributed by atoms with E-state index in [0.717, 1.165) is 18.2 Å². The Labute approximate surface area is 198 Å². The summed E-state index contributed by atoms with van der Waals surface area (Å²) in [5.74, 6) is -0.303. The molecule has 1 heterocycles. The zero-order valence-electron chi connectivity index (χ0n) is 18.7. The number of carbonyl (C=O) groups is 1. The highest BCUT2D eigenvalue weighted by Gasteiger charge is 2.35. The number of anilines is 1. The van der Waals surface area contributed by atoms with Crippen LogP contribution in [-0.2, 0) is 12.4 Å². The fourth-order valence-electron chi connectivity index (χ4n) is 3.48. The lowest BCUT2D eigenvalue weighted by atomic mass is 10.0. The summed E-state index contributed by atoms with van der Waals surface area (Å²) >= 11 is 0. The molecule has 0 aliphatic heterocycles. The predicted octanol–water partition coefficient (Wildman–Crippen LogP) is 6.65. The highest BCUT2D eigenvalue weighted by molar-refractivity contribution is 5.95. The molecule has 186 valence electrons. The maximum Gasteiger partial charge on any atom is 0.417 e. The number of hydrogen-bond acceptors (Lipinski definition) is 3. The summed E-state index contributed by atoms with van der Waals surface area (Å²) in [6.07, 6.45) is -7.25. The average Bonchev–Trinajstić information content (AvgIpc) is 2.82. The normalized spacial score (nSPS) is 12.8. The number of rotatable bonds is 8. The summed E-state index contributed by atoms with van der Waals surface area (Å²) in [5.41, 5.74) is -1.79. The number of carbonyl (C=O) groups excluding carboxylic acids is 1. The molecule has 3 aromatic rings. The van der Waals surface area contributed by atoms with Crippen molar-refractivity contribution in [3.8, 4) is 11.1 Å². The van der Waals surface area contributed by atoms with Crippen molar-refractivity contribution in [2.24, 2.45) is 5.92 Å². The standard InChI is InChI=1S/C25H23F6N3O/c1-16(12-13-32-23(35)19-7-3-5-9-21(19)25(29,30)31)14-33-22-11-10-17(15-34-22)18-6-2-4-8-20(18)24(26,27)28/h2-11,15-16H,12-14H2,1H3,(H,32,35)(H,33,34). The van der Waals surface area contributed by atoms with Crippen LogP contribution in [0.15, 0.2) is 66.9 Å². The van der Waals surface area contributed by atoms with E-state index in [1.807, 2.05) is 6.92 Å². The number of amides is 1. The van der Waals surface area contributed by atoms with E-state index >= 15 is 0 Å². The highest BCUT2D eigenvalue weighted by Crippen LogP contribution is 2.37. The van der Waals surface area contributed by atoms with Crippen molar-refractivity contribution < 1.29 is 31.1 Å². The van der Waals surface area contributed by atoms with E-state index in [2.05, 4.69) is 15.6 Å². The molecule has 0 radical (unpaired) electrons. The van der Waals surface area contributed by atoms with Crippen LogP contribution in [0, 0.1) is 5.92 Å². The molecule has 1 aromatic heterocycles. The molecule has 0 fully saturated rings. The maximum absolute atomic E-state index is 13.2. The van der Waals surface area contributed by atoms with Gasteiger partial charge in [0.25, 0.3) is 5.91 Å². The minimum absolute atomic E-state index is 0.0283. The number of halogens is 6. The van der Waals surface area contributed by atoms with E-state index < -0.39 is 35.0 Å². The summed E-state index contributed by atoms with van der Waals surface area (Å²) in [7, 11) is 0. The van der Waals surface area contributed by atoms with E-state index in [1.54, 1.807) is 12.1 Å². The number of benzene rings is 2.